The smallest absolute Gasteiger partial charge is 0.252 e. The summed E-state index contributed by atoms with van der Waals surface area (Å²) in [7, 11) is 0. The summed E-state index contributed by atoms with van der Waals surface area (Å²) in [5.74, 6) is -0.888. The summed E-state index contributed by atoms with van der Waals surface area (Å²) >= 11 is 0. The van der Waals surface area contributed by atoms with Crippen LogP contribution in [0, 0.1) is 24.1 Å². The van der Waals surface area contributed by atoms with Crippen molar-refractivity contribution in [1.82, 2.24) is 5.32 Å². The largest absolute Gasteiger partial charge is 0.339 e. The van der Waals surface area contributed by atoms with Crippen LogP contribution in [0.3, 0.4) is 0 Å². The highest BCUT2D eigenvalue weighted by Crippen LogP contribution is 2.09. The Morgan fingerprint density at radius 2 is 2.36 bits per heavy atom. The van der Waals surface area contributed by atoms with Crippen LogP contribution in [0.15, 0.2) is 18.2 Å². The van der Waals surface area contributed by atoms with Gasteiger partial charge in [-0.3, -0.25) is 4.79 Å². The highest BCUT2D eigenvalue weighted by Gasteiger charge is 2.08. The van der Waals surface area contributed by atoms with E-state index in [0.29, 0.717) is 5.56 Å². The van der Waals surface area contributed by atoms with Crippen molar-refractivity contribution in [2.75, 3.05) is 6.54 Å². The molecule has 72 valence electrons. The first-order valence-electron chi connectivity index (χ1n) is 4.06. The van der Waals surface area contributed by atoms with Crippen LogP contribution < -0.4 is 5.32 Å². The molecule has 1 aromatic carbocycles. The van der Waals surface area contributed by atoms with E-state index in [0.717, 1.165) is 6.07 Å². The molecule has 1 amide bonds. The summed E-state index contributed by atoms with van der Waals surface area (Å²) in [6, 6.07) is 5.74. The van der Waals surface area contributed by atoms with Gasteiger partial charge in [0.2, 0.25) is 0 Å². The zero-order valence-electron chi connectivity index (χ0n) is 7.67. The van der Waals surface area contributed by atoms with E-state index in [2.05, 4.69) is 5.32 Å². The predicted octanol–water partition coefficient (Wildman–Crippen LogP) is 1.39. The molecule has 0 aliphatic carbocycles. The van der Waals surface area contributed by atoms with E-state index < -0.39 is 11.7 Å². The maximum absolute atomic E-state index is 12.8. The van der Waals surface area contributed by atoms with Gasteiger partial charge in [-0.25, -0.2) is 4.39 Å². The van der Waals surface area contributed by atoms with Crippen LogP contribution in [0.5, 0.6) is 0 Å². The van der Waals surface area contributed by atoms with Crippen molar-refractivity contribution in [3.63, 3.8) is 0 Å². The fourth-order valence-corrected chi connectivity index (χ4v) is 1.05. The van der Waals surface area contributed by atoms with E-state index in [9.17, 15) is 9.18 Å². The topological polar surface area (TPSA) is 52.9 Å². The van der Waals surface area contributed by atoms with E-state index in [-0.39, 0.29) is 12.1 Å². The van der Waals surface area contributed by atoms with E-state index in [1.807, 2.05) is 0 Å². The molecular formula is C10H9FN2O. The number of benzene rings is 1. The molecule has 14 heavy (non-hydrogen) atoms. The SMILES string of the molecule is Cc1ccc(F)cc1C(=O)NCC#N. The van der Waals surface area contributed by atoms with Gasteiger partial charge in [-0.05, 0) is 24.6 Å². The monoisotopic (exact) mass is 192 g/mol. The zero-order chi connectivity index (χ0) is 10.6. The minimum Gasteiger partial charge on any atom is -0.339 e. The van der Waals surface area contributed by atoms with Crippen LogP contribution in [-0.2, 0) is 0 Å². The minimum absolute atomic E-state index is 0.0746. The molecule has 0 aliphatic heterocycles. The first-order chi connectivity index (χ1) is 6.65. The van der Waals surface area contributed by atoms with Crippen molar-refractivity contribution in [2.45, 2.75) is 6.92 Å². The van der Waals surface area contributed by atoms with Gasteiger partial charge in [0.05, 0.1) is 6.07 Å². The molecule has 0 heterocycles. The van der Waals surface area contributed by atoms with Gasteiger partial charge in [-0.1, -0.05) is 6.07 Å². The van der Waals surface area contributed by atoms with Crippen molar-refractivity contribution in [1.29, 1.82) is 5.26 Å². The quantitative estimate of drug-likeness (QED) is 0.720. The van der Waals surface area contributed by atoms with Crippen LogP contribution in [0.1, 0.15) is 15.9 Å². The lowest BCUT2D eigenvalue weighted by atomic mass is 10.1. The summed E-state index contributed by atoms with van der Waals surface area (Å²) in [6.07, 6.45) is 0. The van der Waals surface area contributed by atoms with Crippen LogP contribution >= 0.6 is 0 Å². The number of aryl methyl sites for hydroxylation is 1. The molecule has 0 saturated heterocycles. The molecule has 0 fully saturated rings. The number of nitrogens with zero attached hydrogens (tertiary/aromatic N) is 1. The van der Waals surface area contributed by atoms with Crippen LogP contribution in [-0.4, -0.2) is 12.5 Å². The number of hydrogen-bond acceptors (Lipinski definition) is 2. The Morgan fingerprint density at radius 1 is 1.64 bits per heavy atom. The van der Waals surface area contributed by atoms with E-state index in [1.54, 1.807) is 13.0 Å². The molecular weight excluding hydrogens is 183 g/mol. The van der Waals surface area contributed by atoms with Crippen molar-refractivity contribution >= 4 is 5.91 Å². The highest BCUT2D eigenvalue weighted by molar-refractivity contribution is 5.95. The summed E-state index contributed by atoms with van der Waals surface area (Å²) in [4.78, 5) is 11.3. The van der Waals surface area contributed by atoms with Crippen LogP contribution in [0.2, 0.25) is 0 Å². The van der Waals surface area contributed by atoms with Crippen molar-refractivity contribution < 1.29 is 9.18 Å². The fourth-order valence-electron chi connectivity index (χ4n) is 1.05. The van der Waals surface area contributed by atoms with Crippen LogP contribution in [0.25, 0.3) is 0 Å². The maximum Gasteiger partial charge on any atom is 0.252 e. The molecule has 3 nitrogen and oxygen atoms in total. The van der Waals surface area contributed by atoms with Crippen molar-refractivity contribution in [3.05, 3.63) is 35.1 Å². The molecule has 0 radical (unpaired) electrons. The third-order valence-electron chi connectivity index (χ3n) is 1.77. The summed E-state index contributed by atoms with van der Waals surface area (Å²) in [6.45, 7) is 1.63. The van der Waals surface area contributed by atoms with Gasteiger partial charge in [-0.15, -0.1) is 0 Å². The van der Waals surface area contributed by atoms with Gasteiger partial charge in [0.25, 0.3) is 5.91 Å². The Balaban J connectivity index is 2.90. The Kier molecular flexibility index (Phi) is 3.19. The van der Waals surface area contributed by atoms with E-state index >= 15 is 0 Å². The third kappa shape index (κ3) is 2.30. The van der Waals surface area contributed by atoms with Gasteiger partial charge < -0.3 is 5.32 Å². The molecule has 1 rings (SSSR count). The number of halogens is 1. The molecule has 1 aromatic rings. The first-order valence-corrected chi connectivity index (χ1v) is 4.06. The number of hydrogen-bond donors (Lipinski definition) is 1. The second-order valence-corrected chi connectivity index (χ2v) is 2.80. The number of nitriles is 1. The van der Waals surface area contributed by atoms with Crippen molar-refractivity contribution in [3.8, 4) is 6.07 Å². The van der Waals surface area contributed by atoms with Gasteiger partial charge in [-0.2, -0.15) is 5.26 Å². The van der Waals surface area contributed by atoms with Gasteiger partial charge >= 0.3 is 0 Å². The summed E-state index contributed by atoms with van der Waals surface area (Å²) in [5, 5.41) is 10.6. The minimum atomic E-state index is -0.460. The lowest BCUT2D eigenvalue weighted by Gasteiger charge is -2.04. The summed E-state index contributed by atoms with van der Waals surface area (Å²) in [5.41, 5.74) is 0.946. The molecule has 0 unspecified atom stereocenters. The number of carbonyl (C=O) groups excluding carboxylic acids is 1. The standard InChI is InChI=1S/C10H9FN2O/c1-7-2-3-8(11)6-9(7)10(14)13-5-4-12/h2-3,6H,5H2,1H3,(H,13,14). The Bertz CT molecular complexity index is 396. The fraction of sp³-hybridized carbons (Fsp3) is 0.200. The molecule has 0 atom stereocenters. The lowest BCUT2D eigenvalue weighted by molar-refractivity contribution is 0.0957. The van der Waals surface area contributed by atoms with Crippen molar-refractivity contribution in [2.24, 2.45) is 0 Å². The summed E-state index contributed by atoms with van der Waals surface area (Å²) < 4.78 is 12.8. The Labute approximate surface area is 81.2 Å². The lowest BCUT2D eigenvalue weighted by Crippen LogP contribution is -2.24. The second kappa shape index (κ2) is 4.38. The molecule has 0 saturated carbocycles. The number of nitrogens with one attached hydrogen (secondary N) is 1. The van der Waals surface area contributed by atoms with Gasteiger partial charge in [0, 0.05) is 5.56 Å². The molecule has 0 spiro atoms. The van der Waals surface area contributed by atoms with E-state index in [1.165, 1.54) is 12.1 Å². The number of amides is 1. The predicted molar refractivity (Wildman–Crippen MR) is 49.1 cm³/mol. The molecule has 0 aliphatic rings. The van der Waals surface area contributed by atoms with Crippen LogP contribution in [0.4, 0.5) is 4.39 Å². The molecule has 1 N–H and O–H groups in total. The van der Waals surface area contributed by atoms with Gasteiger partial charge in [0.1, 0.15) is 12.4 Å². The average Bonchev–Trinajstić information content (AvgIpc) is 2.18. The highest BCUT2D eigenvalue weighted by atomic mass is 19.1. The molecule has 0 aromatic heterocycles. The maximum atomic E-state index is 12.8. The average molecular weight is 192 g/mol. The molecule has 0 bridgehead atoms. The number of rotatable bonds is 2. The Hall–Kier alpha value is -1.89. The second-order valence-electron chi connectivity index (χ2n) is 2.80. The number of carbonyl (C=O) groups is 1. The third-order valence-corrected chi connectivity index (χ3v) is 1.77. The Morgan fingerprint density at radius 3 is 3.00 bits per heavy atom. The first kappa shape index (κ1) is 10.2. The van der Waals surface area contributed by atoms with E-state index in [4.69, 9.17) is 5.26 Å². The molecule has 4 heteroatoms. The normalized spacial score (nSPS) is 9.21. The van der Waals surface area contributed by atoms with Gasteiger partial charge in [0.15, 0.2) is 0 Å². The zero-order valence-corrected chi connectivity index (χ0v) is 7.67.